The lowest BCUT2D eigenvalue weighted by Gasteiger charge is -2.44. The third kappa shape index (κ3) is 2.36. The van der Waals surface area contributed by atoms with Crippen molar-refractivity contribution in [2.75, 3.05) is 14.1 Å². The molecule has 0 radical (unpaired) electrons. The number of rotatable bonds is 3. The lowest BCUT2D eigenvalue weighted by molar-refractivity contribution is -0.944. The highest BCUT2D eigenvalue weighted by molar-refractivity contribution is 5.38. The highest BCUT2D eigenvalue weighted by Gasteiger charge is 2.48. The number of likely N-dealkylation sites (N-methyl/N-ethyl adjacent to an activating group) is 1. The summed E-state index contributed by atoms with van der Waals surface area (Å²) in [5.74, 6) is 2.61. The first kappa shape index (κ1) is 14.8. The van der Waals surface area contributed by atoms with Gasteiger partial charge in [-0.3, -0.25) is 0 Å². The second-order valence-electron chi connectivity index (χ2n) is 7.63. The van der Waals surface area contributed by atoms with Crippen molar-refractivity contribution in [1.29, 1.82) is 0 Å². The molecule has 2 aliphatic rings. The van der Waals surface area contributed by atoms with Crippen molar-refractivity contribution in [3.63, 3.8) is 0 Å². The van der Waals surface area contributed by atoms with Gasteiger partial charge in [-0.25, -0.2) is 0 Å². The van der Waals surface area contributed by atoms with Gasteiger partial charge in [-0.2, -0.15) is 0 Å². The number of hydrogen-bond acceptors (Lipinski definition) is 1. The van der Waals surface area contributed by atoms with E-state index in [-0.39, 0.29) is 0 Å². The van der Waals surface area contributed by atoms with E-state index in [0.29, 0.717) is 18.0 Å². The van der Waals surface area contributed by atoms with Crippen molar-refractivity contribution >= 4 is 0 Å². The minimum atomic E-state index is 0.441. The lowest BCUT2D eigenvalue weighted by Crippen LogP contribution is -2.51. The Morgan fingerprint density at radius 3 is 2.43 bits per heavy atom. The molecule has 0 fully saturated rings. The average Bonchev–Trinajstić information content (AvgIpc) is 3.26. The molecule has 1 aromatic heterocycles. The number of furan rings is 1. The molecular weight excluding hydrogens is 282 g/mol. The summed E-state index contributed by atoms with van der Waals surface area (Å²) >= 11 is 0. The van der Waals surface area contributed by atoms with Crippen LogP contribution in [0.2, 0.25) is 0 Å². The summed E-state index contributed by atoms with van der Waals surface area (Å²) in [7, 11) is 4.82. The largest absolute Gasteiger partial charge is 0.466 e. The smallest absolute Gasteiger partial charge is 0.125 e. The molecule has 0 spiro atoms. The minimum Gasteiger partial charge on any atom is -0.466 e. The summed E-state index contributed by atoms with van der Waals surface area (Å²) in [6, 6.07) is 14.4. The summed E-state index contributed by atoms with van der Waals surface area (Å²) in [6.07, 6.45) is 8.16. The van der Waals surface area contributed by atoms with E-state index in [1.165, 1.54) is 24.0 Å². The summed E-state index contributed by atoms with van der Waals surface area (Å²) < 4.78 is 7.10. The van der Waals surface area contributed by atoms with Gasteiger partial charge in [-0.1, -0.05) is 36.4 Å². The van der Waals surface area contributed by atoms with Crippen LogP contribution in [0, 0.1) is 6.92 Å². The van der Waals surface area contributed by atoms with Gasteiger partial charge < -0.3 is 8.90 Å². The van der Waals surface area contributed by atoms with Crippen molar-refractivity contribution in [3.05, 3.63) is 71.2 Å². The fourth-order valence-corrected chi connectivity index (χ4v) is 4.68. The third-order valence-corrected chi connectivity index (χ3v) is 5.96. The fraction of sp³-hybridized carbons (Fsp3) is 0.429. The van der Waals surface area contributed by atoms with E-state index in [9.17, 15) is 0 Å². The molecule has 2 unspecified atom stereocenters. The van der Waals surface area contributed by atoms with Crippen LogP contribution in [0.15, 0.2) is 53.0 Å². The maximum atomic E-state index is 6.06. The standard InChI is InChI=1S/C21H26NO/c1-15-12-13-20(23-15)19-14-16-8-4-7-11-18(16)21(19)22(2,3)17-9-5-6-10-17/h4-8,11-13,17,19,21H,9-10,14H2,1-3H3/q+1. The van der Waals surface area contributed by atoms with E-state index in [4.69, 9.17) is 4.42 Å². The van der Waals surface area contributed by atoms with Crippen molar-refractivity contribution in [3.8, 4) is 0 Å². The molecule has 2 heteroatoms. The topological polar surface area (TPSA) is 13.1 Å². The predicted octanol–water partition coefficient (Wildman–Crippen LogP) is 4.76. The molecule has 0 N–H and O–H groups in total. The highest BCUT2D eigenvalue weighted by Crippen LogP contribution is 2.50. The summed E-state index contributed by atoms with van der Waals surface area (Å²) in [6.45, 7) is 2.04. The van der Waals surface area contributed by atoms with Crippen LogP contribution in [0.4, 0.5) is 0 Å². The van der Waals surface area contributed by atoms with Gasteiger partial charge in [0.2, 0.25) is 0 Å². The van der Waals surface area contributed by atoms with Crippen molar-refractivity contribution in [2.24, 2.45) is 0 Å². The number of quaternary nitrogens is 1. The van der Waals surface area contributed by atoms with Gasteiger partial charge in [-0.05, 0) is 31.0 Å². The van der Waals surface area contributed by atoms with Crippen LogP contribution >= 0.6 is 0 Å². The Bertz CT molecular complexity index is 732. The van der Waals surface area contributed by atoms with Gasteiger partial charge in [-0.15, -0.1) is 0 Å². The zero-order chi connectivity index (χ0) is 16.0. The van der Waals surface area contributed by atoms with E-state index >= 15 is 0 Å². The highest BCUT2D eigenvalue weighted by atomic mass is 16.3. The van der Waals surface area contributed by atoms with E-state index in [0.717, 1.165) is 22.4 Å². The number of aryl methyl sites for hydroxylation is 1. The maximum Gasteiger partial charge on any atom is 0.125 e. The van der Waals surface area contributed by atoms with Crippen LogP contribution < -0.4 is 0 Å². The van der Waals surface area contributed by atoms with Gasteiger partial charge in [0, 0.05) is 18.4 Å². The summed E-state index contributed by atoms with van der Waals surface area (Å²) in [5, 5.41) is 0. The maximum absolute atomic E-state index is 6.06. The predicted molar refractivity (Wildman–Crippen MR) is 93.3 cm³/mol. The van der Waals surface area contributed by atoms with Gasteiger partial charge in [0.05, 0.1) is 26.1 Å². The van der Waals surface area contributed by atoms with Crippen LogP contribution in [0.5, 0.6) is 0 Å². The molecule has 2 nitrogen and oxygen atoms in total. The SMILES string of the molecule is Cc1ccc(C2Cc3ccccc3C2[N+](C)(C)C2CC=CC2)o1. The zero-order valence-corrected chi connectivity index (χ0v) is 14.3. The van der Waals surface area contributed by atoms with E-state index < -0.39 is 0 Å². The average molecular weight is 308 g/mol. The number of hydrogen-bond donors (Lipinski definition) is 0. The molecule has 2 aliphatic carbocycles. The van der Waals surface area contributed by atoms with Crippen LogP contribution in [0.1, 0.15) is 47.4 Å². The van der Waals surface area contributed by atoms with Crippen molar-refractivity contribution in [1.82, 2.24) is 0 Å². The van der Waals surface area contributed by atoms with Crippen LogP contribution in [-0.4, -0.2) is 24.6 Å². The number of nitrogens with zero attached hydrogens (tertiary/aromatic N) is 1. The molecule has 0 bridgehead atoms. The Kier molecular flexibility index (Phi) is 3.46. The molecule has 1 aromatic carbocycles. The van der Waals surface area contributed by atoms with Gasteiger partial charge >= 0.3 is 0 Å². The number of benzene rings is 1. The summed E-state index contributed by atoms with van der Waals surface area (Å²) in [4.78, 5) is 0. The van der Waals surface area contributed by atoms with Gasteiger partial charge in [0.1, 0.15) is 17.6 Å². The van der Waals surface area contributed by atoms with E-state index in [1.807, 2.05) is 6.92 Å². The quantitative estimate of drug-likeness (QED) is 0.588. The van der Waals surface area contributed by atoms with E-state index in [1.54, 1.807) is 0 Å². The van der Waals surface area contributed by atoms with E-state index in [2.05, 4.69) is 62.6 Å². The second-order valence-corrected chi connectivity index (χ2v) is 7.63. The Labute approximate surface area is 139 Å². The molecule has 2 atom stereocenters. The Morgan fingerprint density at radius 2 is 1.74 bits per heavy atom. The summed E-state index contributed by atoms with van der Waals surface area (Å²) in [5.41, 5.74) is 3.01. The zero-order valence-electron chi connectivity index (χ0n) is 14.3. The first-order valence-electron chi connectivity index (χ1n) is 8.70. The second kappa shape index (κ2) is 5.38. The molecule has 4 rings (SSSR count). The van der Waals surface area contributed by atoms with Crippen molar-refractivity contribution < 1.29 is 8.90 Å². The minimum absolute atomic E-state index is 0.441. The molecular formula is C21H26NO+. The molecule has 2 aromatic rings. The van der Waals surface area contributed by atoms with Gasteiger partial charge in [0.25, 0.3) is 0 Å². The monoisotopic (exact) mass is 308 g/mol. The lowest BCUT2D eigenvalue weighted by atomic mass is 9.92. The van der Waals surface area contributed by atoms with Crippen LogP contribution in [0.3, 0.4) is 0 Å². The molecule has 0 amide bonds. The van der Waals surface area contributed by atoms with Gasteiger partial charge in [0.15, 0.2) is 0 Å². The number of fused-ring (bicyclic) bond motifs is 1. The molecule has 23 heavy (non-hydrogen) atoms. The Hall–Kier alpha value is -1.80. The van der Waals surface area contributed by atoms with Crippen LogP contribution in [-0.2, 0) is 6.42 Å². The third-order valence-electron chi connectivity index (χ3n) is 5.96. The molecule has 0 aliphatic heterocycles. The molecule has 120 valence electrons. The Morgan fingerprint density at radius 1 is 1.00 bits per heavy atom. The van der Waals surface area contributed by atoms with Crippen LogP contribution in [0.25, 0.3) is 0 Å². The van der Waals surface area contributed by atoms with Crippen molar-refractivity contribution in [2.45, 2.75) is 44.2 Å². The normalized spacial score (nSPS) is 24.3. The fourth-order valence-electron chi connectivity index (χ4n) is 4.68. The molecule has 1 heterocycles. The first-order valence-corrected chi connectivity index (χ1v) is 8.70. The molecule has 0 saturated heterocycles. The first-order chi connectivity index (χ1) is 11.1. The Balaban J connectivity index is 1.78. The molecule has 0 saturated carbocycles.